The number of nitrogens with one attached hydrogen (secondary N) is 1. The average Bonchev–Trinajstić information content (AvgIpc) is 2.64. The Morgan fingerprint density at radius 2 is 2.00 bits per heavy atom. The zero-order valence-corrected chi connectivity index (χ0v) is 15.3. The fourth-order valence-corrected chi connectivity index (χ4v) is 5.15. The molecular weight excluding hydrogens is 330 g/mol. The third-order valence-electron chi connectivity index (χ3n) is 4.49. The van der Waals surface area contributed by atoms with Crippen LogP contribution in [0.2, 0.25) is 0 Å². The van der Waals surface area contributed by atoms with Crippen molar-refractivity contribution in [2.45, 2.75) is 71.3 Å². The molecule has 0 bridgehead atoms. The number of halogens is 1. The van der Waals surface area contributed by atoms with Gasteiger partial charge in [-0.1, -0.05) is 45.4 Å². The van der Waals surface area contributed by atoms with Crippen molar-refractivity contribution >= 4 is 27.3 Å². The molecule has 1 nitrogen and oxygen atoms in total. The van der Waals surface area contributed by atoms with Crippen molar-refractivity contribution in [2.75, 3.05) is 6.54 Å². The van der Waals surface area contributed by atoms with Crippen molar-refractivity contribution < 1.29 is 0 Å². The van der Waals surface area contributed by atoms with Crippen LogP contribution in [0.4, 0.5) is 0 Å². The highest BCUT2D eigenvalue weighted by Gasteiger charge is 2.21. The maximum Gasteiger partial charge on any atom is 0.0704 e. The molecule has 1 aliphatic rings. The quantitative estimate of drug-likeness (QED) is 0.595. The molecule has 1 fully saturated rings. The average molecular weight is 358 g/mol. The van der Waals surface area contributed by atoms with Crippen LogP contribution in [0.25, 0.3) is 0 Å². The summed E-state index contributed by atoms with van der Waals surface area (Å²) in [6, 6.07) is 2.89. The highest BCUT2D eigenvalue weighted by Crippen LogP contribution is 2.36. The fraction of sp³-hybridized carbons (Fsp3) is 0.765. The number of hydrogen-bond donors (Lipinski definition) is 1. The molecule has 0 spiro atoms. The van der Waals surface area contributed by atoms with Crippen LogP contribution in [0.15, 0.2) is 9.85 Å². The van der Waals surface area contributed by atoms with Crippen molar-refractivity contribution in [1.29, 1.82) is 0 Å². The summed E-state index contributed by atoms with van der Waals surface area (Å²) in [4.78, 5) is 1.47. The van der Waals surface area contributed by atoms with Gasteiger partial charge in [-0.2, -0.15) is 0 Å². The van der Waals surface area contributed by atoms with E-state index in [9.17, 15) is 0 Å². The van der Waals surface area contributed by atoms with Gasteiger partial charge >= 0.3 is 0 Å². The van der Waals surface area contributed by atoms with Crippen LogP contribution in [-0.4, -0.2) is 6.54 Å². The lowest BCUT2D eigenvalue weighted by Gasteiger charge is -2.24. The number of thiophene rings is 1. The Morgan fingerprint density at radius 1 is 1.30 bits per heavy atom. The van der Waals surface area contributed by atoms with Crippen LogP contribution in [-0.2, 0) is 0 Å². The minimum Gasteiger partial charge on any atom is -0.310 e. The molecule has 114 valence electrons. The van der Waals surface area contributed by atoms with E-state index < -0.39 is 0 Å². The second-order valence-corrected chi connectivity index (χ2v) is 8.80. The highest BCUT2D eigenvalue weighted by molar-refractivity contribution is 9.11. The zero-order valence-electron chi connectivity index (χ0n) is 12.9. The lowest BCUT2D eigenvalue weighted by Crippen LogP contribution is -2.24. The van der Waals surface area contributed by atoms with Crippen molar-refractivity contribution in [1.82, 2.24) is 5.32 Å². The van der Waals surface area contributed by atoms with Gasteiger partial charge in [0.15, 0.2) is 0 Å². The lowest BCUT2D eigenvalue weighted by atomic mass is 9.89. The normalized spacial score (nSPS) is 18.9. The van der Waals surface area contributed by atoms with Gasteiger partial charge in [0.25, 0.3) is 0 Å². The maximum atomic E-state index is 3.79. The summed E-state index contributed by atoms with van der Waals surface area (Å²) < 4.78 is 1.27. The van der Waals surface area contributed by atoms with Crippen molar-refractivity contribution in [2.24, 2.45) is 5.92 Å². The van der Waals surface area contributed by atoms with E-state index in [4.69, 9.17) is 0 Å². The van der Waals surface area contributed by atoms with Gasteiger partial charge in [0.1, 0.15) is 0 Å². The van der Waals surface area contributed by atoms with E-state index in [1.807, 2.05) is 11.3 Å². The van der Waals surface area contributed by atoms with Crippen molar-refractivity contribution in [3.8, 4) is 0 Å². The fourth-order valence-electron chi connectivity index (χ4n) is 3.38. The Kier molecular flexibility index (Phi) is 7.06. The first-order valence-corrected chi connectivity index (χ1v) is 9.81. The van der Waals surface area contributed by atoms with Crippen LogP contribution in [0.5, 0.6) is 0 Å². The van der Waals surface area contributed by atoms with E-state index >= 15 is 0 Å². The first-order valence-electron chi connectivity index (χ1n) is 8.20. The Bertz CT molecular complexity index is 394. The monoisotopic (exact) mass is 357 g/mol. The van der Waals surface area contributed by atoms with Crippen molar-refractivity contribution in [3.05, 3.63) is 20.3 Å². The van der Waals surface area contributed by atoms with Gasteiger partial charge in [-0.3, -0.25) is 0 Å². The van der Waals surface area contributed by atoms with Crippen molar-refractivity contribution in [3.63, 3.8) is 0 Å². The van der Waals surface area contributed by atoms with E-state index in [1.165, 1.54) is 65.6 Å². The van der Waals surface area contributed by atoms with E-state index in [1.54, 1.807) is 0 Å². The molecule has 0 aliphatic heterocycles. The SMILES string of the molecule is CCCNC(CC1CCCCCC1)c1cc(Br)sc1C. The molecule has 1 heterocycles. The summed E-state index contributed by atoms with van der Waals surface area (Å²) in [5.74, 6) is 0.921. The first-order chi connectivity index (χ1) is 9.70. The minimum atomic E-state index is 0.556. The third-order valence-corrected chi connectivity index (χ3v) is 6.06. The largest absolute Gasteiger partial charge is 0.310 e. The second-order valence-electron chi connectivity index (χ2n) is 6.16. The molecule has 1 aromatic rings. The minimum absolute atomic E-state index is 0.556. The van der Waals surface area contributed by atoms with E-state index in [-0.39, 0.29) is 0 Å². The van der Waals surface area contributed by atoms with Gasteiger partial charge in [0, 0.05) is 10.9 Å². The second kappa shape index (κ2) is 8.55. The molecule has 0 radical (unpaired) electrons. The Labute approximate surface area is 136 Å². The molecule has 1 saturated carbocycles. The third kappa shape index (κ3) is 4.85. The molecule has 1 N–H and O–H groups in total. The van der Waals surface area contributed by atoms with Crippen LogP contribution in [0.1, 0.15) is 74.8 Å². The molecule has 0 saturated heterocycles. The zero-order chi connectivity index (χ0) is 14.4. The highest BCUT2D eigenvalue weighted by atomic mass is 79.9. The van der Waals surface area contributed by atoms with E-state index in [2.05, 4.69) is 41.2 Å². The Hall–Kier alpha value is 0.140. The molecular formula is C17H28BrNS. The van der Waals surface area contributed by atoms with Gasteiger partial charge in [-0.15, -0.1) is 11.3 Å². The summed E-state index contributed by atoms with van der Waals surface area (Å²) in [6.45, 7) is 5.65. The van der Waals surface area contributed by atoms with Gasteiger partial charge < -0.3 is 5.32 Å². The topological polar surface area (TPSA) is 12.0 Å². The number of aryl methyl sites for hydroxylation is 1. The smallest absolute Gasteiger partial charge is 0.0704 e. The molecule has 1 atom stereocenters. The molecule has 0 amide bonds. The number of rotatable bonds is 6. The molecule has 3 heteroatoms. The predicted octanol–water partition coefficient (Wildman–Crippen LogP) is 6.22. The summed E-state index contributed by atoms with van der Waals surface area (Å²) in [5.41, 5.74) is 1.53. The summed E-state index contributed by atoms with van der Waals surface area (Å²) in [5, 5.41) is 3.79. The van der Waals surface area contributed by atoms with Gasteiger partial charge in [0.05, 0.1) is 3.79 Å². The molecule has 0 aromatic carbocycles. The van der Waals surface area contributed by atoms with Gasteiger partial charge in [-0.05, 0) is 59.8 Å². The van der Waals surface area contributed by atoms with Gasteiger partial charge in [0.2, 0.25) is 0 Å². The van der Waals surface area contributed by atoms with Crippen LogP contribution >= 0.6 is 27.3 Å². The van der Waals surface area contributed by atoms with Crippen LogP contribution in [0.3, 0.4) is 0 Å². The standard InChI is InChI=1S/C17H28BrNS/c1-3-10-19-16(15-12-17(18)20-13(15)2)11-14-8-6-4-5-7-9-14/h12,14,16,19H,3-11H2,1-2H3. The predicted molar refractivity (Wildman–Crippen MR) is 93.6 cm³/mol. The molecule has 2 rings (SSSR count). The maximum absolute atomic E-state index is 3.79. The molecule has 1 unspecified atom stereocenters. The molecule has 1 aliphatic carbocycles. The number of hydrogen-bond acceptors (Lipinski definition) is 2. The first kappa shape index (κ1) is 16.5. The molecule has 20 heavy (non-hydrogen) atoms. The molecule has 1 aromatic heterocycles. The summed E-state index contributed by atoms with van der Waals surface area (Å²) in [6.07, 6.45) is 11.2. The summed E-state index contributed by atoms with van der Waals surface area (Å²) >= 11 is 5.52. The Morgan fingerprint density at radius 3 is 2.55 bits per heavy atom. The Balaban J connectivity index is 2.04. The van der Waals surface area contributed by atoms with Crippen LogP contribution in [0, 0.1) is 12.8 Å². The van der Waals surface area contributed by atoms with E-state index in [0.29, 0.717) is 6.04 Å². The lowest BCUT2D eigenvalue weighted by molar-refractivity contribution is 0.356. The van der Waals surface area contributed by atoms with E-state index in [0.717, 1.165) is 12.5 Å². The van der Waals surface area contributed by atoms with Gasteiger partial charge in [-0.25, -0.2) is 0 Å². The summed E-state index contributed by atoms with van der Waals surface area (Å²) in [7, 11) is 0. The van der Waals surface area contributed by atoms with Crippen LogP contribution < -0.4 is 5.32 Å².